The molecule has 0 saturated heterocycles. The van der Waals surface area contributed by atoms with Gasteiger partial charge in [-0.05, 0) is 38.5 Å². The van der Waals surface area contributed by atoms with E-state index in [-0.39, 0.29) is 0 Å². The van der Waals surface area contributed by atoms with Gasteiger partial charge in [-0.3, -0.25) is 0 Å². The van der Waals surface area contributed by atoms with Crippen molar-refractivity contribution in [3.63, 3.8) is 0 Å². The lowest BCUT2D eigenvalue weighted by molar-refractivity contribution is 0.282. The molecule has 0 aromatic heterocycles. The lowest BCUT2D eigenvalue weighted by Gasteiger charge is -1.98. The Kier molecular flexibility index (Phi) is 16.9. The van der Waals surface area contributed by atoms with Crippen LogP contribution in [-0.2, 0) is 0 Å². The molecule has 1 nitrogen and oxygen atoms in total. The Bertz CT molecular complexity index is 206. The highest BCUT2D eigenvalue weighted by atomic mass is 16.2. The van der Waals surface area contributed by atoms with Gasteiger partial charge in [0.2, 0.25) is 0 Å². The summed E-state index contributed by atoms with van der Waals surface area (Å²) in [6.45, 7) is 2.60. The summed E-state index contributed by atoms with van der Waals surface area (Å²) in [5.41, 5.74) is 0. The Morgan fingerprint density at radius 2 is 1.16 bits per heavy atom. The van der Waals surface area contributed by atoms with Gasteiger partial charge in [0.15, 0.2) is 0 Å². The molecule has 0 atom stereocenters. The quantitative estimate of drug-likeness (QED) is 0.311. The van der Waals surface area contributed by atoms with E-state index >= 15 is 0 Å². The maximum Gasteiger partial charge on any atom is 0.0431 e. The van der Waals surface area contributed by atoms with Gasteiger partial charge in [0, 0.05) is 6.61 Å². The Morgan fingerprint density at radius 3 is 1.74 bits per heavy atom. The molecule has 0 fully saturated rings. The predicted octanol–water partition coefficient (Wildman–Crippen LogP) is 5.79. The molecule has 0 rings (SSSR count). The fraction of sp³-hybridized carbons (Fsp3) is 0.778. The van der Waals surface area contributed by atoms with Gasteiger partial charge in [0.1, 0.15) is 0 Å². The molecule has 0 saturated carbocycles. The van der Waals surface area contributed by atoms with E-state index in [1.165, 1.54) is 64.2 Å². The second kappa shape index (κ2) is 17.4. The third-order valence-corrected chi connectivity index (χ3v) is 3.36. The highest BCUT2D eigenvalue weighted by Crippen LogP contribution is 2.07. The SMILES string of the molecule is CCCCC/C=C\CC=CCCCCCCCCO. The maximum atomic E-state index is 8.66. The summed E-state index contributed by atoms with van der Waals surface area (Å²) in [6.07, 6.45) is 24.2. The summed E-state index contributed by atoms with van der Waals surface area (Å²) in [7, 11) is 0. The van der Waals surface area contributed by atoms with Gasteiger partial charge in [0.25, 0.3) is 0 Å². The van der Waals surface area contributed by atoms with E-state index in [1.54, 1.807) is 0 Å². The maximum absolute atomic E-state index is 8.66. The highest BCUT2D eigenvalue weighted by molar-refractivity contribution is 4.92. The van der Waals surface area contributed by atoms with Crippen LogP contribution in [0.3, 0.4) is 0 Å². The fourth-order valence-electron chi connectivity index (χ4n) is 2.10. The number of allylic oxidation sites excluding steroid dienone is 4. The van der Waals surface area contributed by atoms with Crippen LogP contribution in [0.2, 0.25) is 0 Å². The largest absolute Gasteiger partial charge is 0.396 e. The van der Waals surface area contributed by atoms with Gasteiger partial charge in [-0.2, -0.15) is 0 Å². The van der Waals surface area contributed by atoms with Crippen molar-refractivity contribution in [1.82, 2.24) is 0 Å². The van der Waals surface area contributed by atoms with Crippen molar-refractivity contribution >= 4 is 0 Å². The molecule has 0 spiro atoms. The molecule has 0 aromatic rings. The van der Waals surface area contributed by atoms with Gasteiger partial charge in [-0.15, -0.1) is 0 Å². The van der Waals surface area contributed by atoms with Gasteiger partial charge < -0.3 is 5.11 Å². The van der Waals surface area contributed by atoms with E-state index in [1.807, 2.05) is 0 Å². The van der Waals surface area contributed by atoms with Crippen LogP contribution >= 0.6 is 0 Å². The van der Waals surface area contributed by atoms with E-state index in [0.717, 1.165) is 12.8 Å². The molecule has 0 heterocycles. The first-order chi connectivity index (χ1) is 9.41. The molecule has 19 heavy (non-hydrogen) atoms. The van der Waals surface area contributed by atoms with Crippen molar-refractivity contribution in [2.24, 2.45) is 0 Å². The van der Waals surface area contributed by atoms with Crippen molar-refractivity contribution in [1.29, 1.82) is 0 Å². The summed E-state index contributed by atoms with van der Waals surface area (Å²) >= 11 is 0. The average molecular weight is 266 g/mol. The first-order valence-electron chi connectivity index (χ1n) is 8.32. The van der Waals surface area contributed by atoms with Crippen LogP contribution < -0.4 is 0 Å². The summed E-state index contributed by atoms with van der Waals surface area (Å²) in [5, 5.41) is 8.66. The van der Waals surface area contributed by atoms with Gasteiger partial charge in [-0.1, -0.05) is 69.8 Å². The van der Waals surface area contributed by atoms with Crippen molar-refractivity contribution in [3.05, 3.63) is 24.3 Å². The van der Waals surface area contributed by atoms with E-state index in [2.05, 4.69) is 31.2 Å². The zero-order valence-corrected chi connectivity index (χ0v) is 12.9. The van der Waals surface area contributed by atoms with Crippen LogP contribution in [-0.4, -0.2) is 11.7 Å². The van der Waals surface area contributed by atoms with E-state index in [9.17, 15) is 0 Å². The van der Waals surface area contributed by atoms with E-state index < -0.39 is 0 Å². The third-order valence-electron chi connectivity index (χ3n) is 3.36. The highest BCUT2D eigenvalue weighted by Gasteiger charge is 1.89. The second-order valence-electron chi connectivity index (χ2n) is 5.31. The number of hydrogen-bond donors (Lipinski definition) is 1. The fourth-order valence-corrected chi connectivity index (χ4v) is 2.10. The van der Waals surface area contributed by atoms with Crippen molar-refractivity contribution in [3.8, 4) is 0 Å². The number of unbranched alkanes of at least 4 members (excludes halogenated alkanes) is 9. The van der Waals surface area contributed by atoms with E-state index in [0.29, 0.717) is 6.61 Å². The first-order valence-corrected chi connectivity index (χ1v) is 8.32. The smallest absolute Gasteiger partial charge is 0.0431 e. The predicted molar refractivity (Wildman–Crippen MR) is 86.4 cm³/mol. The van der Waals surface area contributed by atoms with Crippen molar-refractivity contribution < 1.29 is 5.11 Å². The van der Waals surface area contributed by atoms with Crippen LogP contribution in [0, 0.1) is 0 Å². The number of aliphatic hydroxyl groups excluding tert-OH is 1. The van der Waals surface area contributed by atoms with Crippen LogP contribution in [0.15, 0.2) is 24.3 Å². The van der Waals surface area contributed by atoms with Gasteiger partial charge >= 0.3 is 0 Å². The Labute approximate surface area is 120 Å². The molecule has 1 N–H and O–H groups in total. The summed E-state index contributed by atoms with van der Waals surface area (Å²) in [5.74, 6) is 0. The molecule has 0 aliphatic heterocycles. The number of aliphatic hydroxyl groups is 1. The molecule has 0 amide bonds. The summed E-state index contributed by atoms with van der Waals surface area (Å²) < 4.78 is 0. The van der Waals surface area contributed by atoms with Crippen LogP contribution in [0.25, 0.3) is 0 Å². The molecule has 0 unspecified atom stereocenters. The normalized spacial score (nSPS) is 11.9. The topological polar surface area (TPSA) is 20.2 Å². The molecule has 0 bridgehead atoms. The van der Waals surface area contributed by atoms with E-state index in [4.69, 9.17) is 5.11 Å². The van der Waals surface area contributed by atoms with Gasteiger partial charge in [0.05, 0.1) is 0 Å². The minimum Gasteiger partial charge on any atom is -0.396 e. The van der Waals surface area contributed by atoms with Crippen molar-refractivity contribution in [2.45, 2.75) is 84.0 Å². The Balaban J connectivity index is 3.12. The average Bonchev–Trinajstić information content (AvgIpc) is 2.43. The zero-order valence-electron chi connectivity index (χ0n) is 12.9. The Hall–Kier alpha value is -0.560. The lowest BCUT2D eigenvalue weighted by Crippen LogP contribution is -1.83. The Morgan fingerprint density at radius 1 is 0.632 bits per heavy atom. The molecule has 1 heteroatoms. The van der Waals surface area contributed by atoms with Crippen LogP contribution in [0.4, 0.5) is 0 Å². The van der Waals surface area contributed by atoms with Crippen LogP contribution in [0.5, 0.6) is 0 Å². The number of hydrogen-bond acceptors (Lipinski definition) is 1. The molecular formula is C18H34O. The summed E-state index contributed by atoms with van der Waals surface area (Å²) in [6, 6.07) is 0. The molecule has 0 aromatic carbocycles. The van der Waals surface area contributed by atoms with Crippen molar-refractivity contribution in [2.75, 3.05) is 6.61 Å². The molecule has 0 aliphatic carbocycles. The monoisotopic (exact) mass is 266 g/mol. The standard InChI is InChI=1S/C18H34O/c1-2-3-4-5-6-7-8-9-10-11-12-13-14-15-16-17-18-19/h6-7,9-10,19H,2-5,8,11-18H2,1H3/b7-6-,10-9?. The molecule has 0 aliphatic rings. The molecule has 0 radical (unpaired) electrons. The third kappa shape index (κ3) is 17.4. The minimum atomic E-state index is 0.356. The first kappa shape index (κ1) is 18.4. The van der Waals surface area contributed by atoms with Crippen LogP contribution in [0.1, 0.15) is 84.0 Å². The van der Waals surface area contributed by atoms with Gasteiger partial charge in [-0.25, -0.2) is 0 Å². The molecular weight excluding hydrogens is 232 g/mol. The second-order valence-corrected chi connectivity index (χ2v) is 5.31. The number of rotatable bonds is 14. The summed E-state index contributed by atoms with van der Waals surface area (Å²) in [4.78, 5) is 0. The minimum absolute atomic E-state index is 0.356. The lowest BCUT2D eigenvalue weighted by atomic mass is 10.1. The zero-order chi connectivity index (χ0) is 14.0. The molecule has 112 valence electrons.